The van der Waals surface area contributed by atoms with Gasteiger partial charge in [-0.25, -0.2) is 0 Å². The van der Waals surface area contributed by atoms with Crippen LogP contribution in [0.25, 0.3) is 0 Å². The summed E-state index contributed by atoms with van der Waals surface area (Å²) < 4.78 is 0. The number of hydrogen-bond acceptors (Lipinski definition) is 3. The molecule has 0 saturated carbocycles. The maximum absolute atomic E-state index is 13.0. The van der Waals surface area contributed by atoms with Crippen LogP contribution in [-0.2, 0) is 21.9 Å². The van der Waals surface area contributed by atoms with Crippen molar-refractivity contribution in [1.82, 2.24) is 10.2 Å². The summed E-state index contributed by atoms with van der Waals surface area (Å²) >= 11 is 1.58. The maximum atomic E-state index is 13.0. The van der Waals surface area contributed by atoms with E-state index in [4.69, 9.17) is 0 Å². The molecule has 5 heteroatoms. The van der Waals surface area contributed by atoms with Crippen molar-refractivity contribution in [3.05, 3.63) is 71.3 Å². The van der Waals surface area contributed by atoms with Crippen molar-refractivity contribution in [2.24, 2.45) is 0 Å². The lowest BCUT2D eigenvalue weighted by atomic mass is 10.1. The van der Waals surface area contributed by atoms with E-state index in [1.54, 1.807) is 23.6 Å². The third-order valence-corrected chi connectivity index (χ3v) is 5.46. The molecule has 2 aromatic carbocycles. The van der Waals surface area contributed by atoms with Crippen LogP contribution in [0.5, 0.6) is 0 Å². The number of aryl methyl sites for hydroxylation is 1. The molecular weight excluding hydrogens is 380 g/mol. The van der Waals surface area contributed by atoms with Crippen LogP contribution in [0, 0.1) is 6.92 Å². The Balaban J connectivity index is 2.08. The lowest BCUT2D eigenvalue weighted by Crippen LogP contribution is -2.52. The van der Waals surface area contributed by atoms with Crippen LogP contribution in [0.4, 0.5) is 0 Å². The standard InChI is InChI=1S/C24H32N2O2S/c1-18-11-13-20(14-12-18)15-26(19(2)23(28)25-24(3,4)5)22(27)17-29-16-21-9-7-6-8-10-21/h6-14,19H,15-17H2,1-5H3,(H,25,28). The predicted molar refractivity (Wildman–Crippen MR) is 122 cm³/mol. The monoisotopic (exact) mass is 412 g/mol. The van der Waals surface area contributed by atoms with Gasteiger partial charge in [0.05, 0.1) is 5.75 Å². The van der Waals surface area contributed by atoms with Gasteiger partial charge in [0.15, 0.2) is 0 Å². The second kappa shape index (κ2) is 10.5. The van der Waals surface area contributed by atoms with Crippen molar-refractivity contribution in [3.8, 4) is 0 Å². The first-order valence-corrected chi connectivity index (χ1v) is 11.1. The normalized spacial score (nSPS) is 12.3. The summed E-state index contributed by atoms with van der Waals surface area (Å²) in [6.07, 6.45) is 0. The van der Waals surface area contributed by atoms with E-state index < -0.39 is 6.04 Å². The first-order chi connectivity index (χ1) is 13.7. The third kappa shape index (κ3) is 7.94. The second-order valence-electron chi connectivity index (χ2n) is 8.40. The molecule has 0 aromatic heterocycles. The lowest BCUT2D eigenvalue weighted by molar-refractivity contribution is -0.139. The second-order valence-corrected chi connectivity index (χ2v) is 9.39. The molecule has 0 aliphatic carbocycles. The molecular formula is C24H32N2O2S. The SMILES string of the molecule is Cc1ccc(CN(C(=O)CSCc2ccccc2)C(C)C(=O)NC(C)(C)C)cc1. The average Bonchev–Trinajstić information content (AvgIpc) is 2.66. The summed E-state index contributed by atoms with van der Waals surface area (Å²) in [4.78, 5) is 27.5. The molecule has 2 aromatic rings. The number of amides is 2. The molecule has 0 aliphatic heterocycles. The van der Waals surface area contributed by atoms with Crippen molar-refractivity contribution in [2.75, 3.05) is 5.75 Å². The van der Waals surface area contributed by atoms with Crippen LogP contribution in [0.2, 0.25) is 0 Å². The minimum absolute atomic E-state index is 0.0249. The maximum Gasteiger partial charge on any atom is 0.242 e. The van der Waals surface area contributed by atoms with Crippen LogP contribution < -0.4 is 5.32 Å². The highest BCUT2D eigenvalue weighted by Gasteiger charge is 2.28. The molecule has 29 heavy (non-hydrogen) atoms. The molecule has 0 saturated heterocycles. The largest absolute Gasteiger partial charge is 0.350 e. The average molecular weight is 413 g/mol. The zero-order valence-electron chi connectivity index (χ0n) is 18.1. The summed E-state index contributed by atoms with van der Waals surface area (Å²) in [6.45, 7) is 10.1. The summed E-state index contributed by atoms with van der Waals surface area (Å²) in [7, 11) is 0. The Morgan fingerprint density at radius 3 is 2.21 bits per heavy atom. The number of rotatable bonds is 8. The topological polar surface area (TPSA) is 49.4 Å². The van der Waals surface area contributed by atoms with Gasteiger partial charge in [-0.3, -0.25) is 9.59 Å². The number of hydrogen-bond donors (Lipinski definition) is 1. The molecule has 4 nitrogen and oxygen atoms in total. The van der Waals surface area contributed by atoms with Gasteiger partial charge >= 0.3 is 0 Å². The van der Waals surface area contributed by atoms with Gasteiger partial charge in [-0.2, -0.15) is 0 Å². The van der Waals surface area contributed by atoms with E-state index in [0.717, 1.165) is 11.3 Å². The van der Waals surface area contributed by atoms with E-state index in [-0.39, 0.29) is 17.4 Å². The van der Waals surface area contributed by atoms with Crippen LogP contribution in [0.1, 0.15) is 44.4 Å². The van der Waals surface area contributed by atoms with Crippen molar-refractivity contribution in [1.29, 1.82) is 0 Å². The lowest BCUT2D eigenvalue weighted by Gasteiger charge is -2.31. The Kier molecular flexibility index (Phi) is 8.32. The predicted octanol–water partition coefficient (Wildman–Crippen LogP) is 4.56. The van der Waals surface area contributed by atoms with Crippen molar-refractivity contribution < 1.29 is 9.59 Å². The van der Waals surface area contributed by atoms with Crippen LogP contribution in [0.15, 0.2) is 54.6 Å². The fraction of sp³-hybridized carbons (Fsp3) is 0.417. The van der Waals surface area contributed by atoms with E-state index in [9.17, 15) is 9.59 Å². The van der Waals surface area contributed by atoms with Gasteiger partial charge in [0, 0.05) is 17.8 Å². The number of nitrogens with one attached hydrogen (secondary N) is 1. The molecule has 0 bridgehead atoms. The van der Waals surface area contributed by atoms with Gasteiger partial charge in [-0.1, -0.05) is 60.2 Å². The van der Waals surface area contributed by atoms with Crippen molar-refractivity contribution in [2.45, 2.75) is 58.5 Å². The van der Waals surface area contributed by atoms with Crippen molar-refractivity contribution in [3.63, 3.8) is 0 Å². The van der Waals surface area contributed by atoms with Crippen LogP contribution in [0.3, 0.4) is 0 Å². The Morgan fingerprint density at radius 1 is 1.00 bits per heavy atom. The molecule has 1 N–H and O–H groups in total. The number of benzene rings is 2. The minimum atomic E-state index is -0.541. The summed E-state index contributed by atoms with van der Waals surface area (Å²) in [6, 6.07) is 17.6. The fourth-order valence-corrected chi connectivity index (χ4v) is 3.73. The third-order valence-electron chi connectivity index (χ3n) is 4.48. The van der Waals surface area contributed by atoms with Crippen LogP contribution in [-0.4, -0.2) is 34.0 Å². The molecule has 2 rings (SSSR count). The molecule has 0 heterocycles. The van der Waals surface area contributed by atoms with E-state index in [1.165, 1.54) is 11.1 Å². The summed E-state index contributed by atoms with van der Waals surface area (Å²) in [5.74, 6) is 0.954. The molecule has 1 atom stereocenters. The van der Waals surface area contributed by atoms with E-state index in [1.807, 2.05) is 70.2 Å². The van der Waals surface area contributed by atoms with Gasteiger partial charge in [-0.05, 0) is 45.7 Å². The minimum Gasteiger partial charge on any atom is -0.350 e. The van der Waals surface area contributed by atoms with E-state index >= 15 is 0 Å². The highest BCUT2D eigenvalue weighted by Crippen LogP contribution is 2.16. The highest BCUT2D eigenvalue weighted by molar-refractivity contribution is 7.99. The van der Waals surface area contributed by atoms with Gasteiger partial charge in [-0.15, -0.1) is 11.8 Å². The smallest absolute Gasteiger partial charge is 0.242 e. The number of nitrogens with zero attached hydrogens (tertiary/aromatic N) is 1. The Labute approximate surface area is 179 Å². The Morgan fingerprint density at radius 2 is 1.62 bits per heavy atom. The first kappa shape index (κ1) is 23.0. The Hall–Kier alpha value is -2.27. The zero-order chi connectivity index (χ0) is 21.4. The van der Waals surface area contributed by atoms with E-state index in [2.05, 4.69) is 17.4 Å². The molecule has 2 amide bonds. The summed E-state index contributed by atoms with van der Waals surface area (Å²) in [5.41, 5.74) is 3.04. The van der Waals surface area contributed by atoms with Gasteiger partial charge in [0.25, 0.3) is 0 Å². The molecule has 0 spiro atoms. The quantitative estimate of drug-likeness (QED) is 0.691. The van der Waals surface area contributed by atoms with Gasteiger partial charge in [0.1, 0.15) is 6.04 Å². The molecule has 0 aliphatic rings. The molecule has 0 fully saturated rings. The number of thioether (sulfide) groups is 1. The first-order valence-electron chi connectivity index (χ1n) is 9.94. The van der Waals surface area contributed by atoms with Gasteiger partial charge < -0.3 is 10.2 Å². The highest BCUT2D eigenvalue weighted by atomic mass is 32.2. The van der Waals surface area contributed by atoms with Crippen LogP contribution >= 0.6 is 11.8 Å². The number of carbonyl (C=O) groups excluding carboxylic acids is 2. The molecule has 0 radical (unpaired) electrons. The number of carbonyl (C=O) groups is 2. The fourth-order valence-electron chi connectivity index (χ4n) is 2.86. The molecule has 156 valence electrons. The zero-order valence-corrected chi connectivity index (χ0v) is 18.9. The van der Waals surface area contributed by atoms with Crippen molar-refractivity contribution >= 4 is 23.6 Å². The van der Waals surface area contributed by atoms with Gasteiger partial charge in [0.2, 0.25) is 11.8 Å². The molecule has 1 unspecified atom stereocenters. The summed E-state index contributed by atoms with van der Waals surface area (Å²) in [5, 5.41) is 2.99. The van der Waals surface area contributed by atoms with E-state index in [0.29, 0.717) is 12.3 Å². The Bertz CT molecular complexity index is 798.